The highest BCUT2D eigenvalue weighted by Gasteiger charge is 2.22. The highest BCUT2D eigenvalue weighted by molar-refractivity contribution is 6.30. The Morgan fingerprint density at radius 2 is 2.12 bits per heavy atom. The first kappa shape index (κ1) is 11.4. The van der Waals surface area contributed by atoms with E-state index in [0.717, 1.165) is 29.8 Å². The molecule has 0 radical (unpaired) electrons. The summed E-state index contributed by atoms with van der Waals surface area (Å²) in [6.07, 6.45) is 5.08. The molecular weight excluding hydrogens is 234 g/mol. The minimum absolute atomic E-state index is 0.456. The van der Waals surface area contributed by atoms with Crippen LogP contribution in [0.25, 0.3) is 0 Å². The van der Waals surface area contributed by atoms with Gasteiger partial charge in [0.05, 0.1) is 6.61 Å². The lowest BCUT2D eigenvalue weighted by atomic mass is 10.1. The highest BCUT2D eigenvalue weighted by Crippen LogP contribution is 2.32. The molecule has 0 aromatic heterocycles. The molecule has 1 aliphatic carbocycles. The molecule has 0 spiro atoms. The van der Waals surface area contributed by atoms with Gasteiger partial charge in [0.2, 0.25) is 0 Å². The molecule has 1 saturated heterocycles. The third-order valence-electron chi connectivity index (χ3n) is 3.54. The molecule has 1 aromatic carbocycles. The van der Waals surface area contributed by atoms with E-state index in [1.54, 1.807) is 0 Å². The number of rotatable bonds is 4. The summed E-state index contributed by atoms with van der Waals surface area (Å²) in [6, 6.07) is 6.56. The monoisotopic (exact) mass is 251 g/mol. The van der Waals surface area contributed by atoms with Crippen LogP contribution in [0.4, 0.5) is 0 Å². The lowest BCUT2D eigenvalue weighted by Crippen LogP contribution is -2.13. The van der Waals surface area contributed by atoms with Gasteiger partial charge in [-0.1, -0.05) is 11.6 Å². The van der Waals surface area contributed by atoms with Crippen molar-refractivity contribution in [3.05, 3.63) is 28.8 Å². The predicted molar refractivity (Wildman–Crippen MR) is 69.6 cm³/mol. The molecule has 17 heavy (non-hydrogen) atoms. The van der Waals surface area contributed by atoms with E-state index in [4.69, 9.17) is 16.3 Å². The fourth-order valence-corrected chi connectivity index (χ4v) is 2.57. The van der Waals surface area contributed by atoms with Crippen molar-refractivity contribution < 1.29 is 4.74 Å². The Balaban J connectivity index is 1.73. The molecule has 1 N–H and O–H groups in total. The molecule has 2 aliphatic rings. The van der Waals surface area contributed by atoms with Crippen molar-refractivity contribution in [2.75, 3.05) is 13.2 Å². The fraction of sp³-hybridized carbons (Fsp3) is 0.571. The molecule has 1 aromatic rings. The van der Waals surface area contributed by atoms with Gasteiger partial charge in [0.25, 0.3) is 0 Å². The van der Waals surface area contributed by atoms with Crippen LogP contribution in [0.3, 0.4) is 0 Å². The smallest absolute Gasteiger partial charge is 0.121 e. The van der Waals surface area contributed by atoms with Crippen molar-refractivity contribution in [3.8, 4) is 5.75 Å². The molecule has 92 valence electrons. The Bertz CT molecular complexity index is 397. The predicted octanol–water partition coefficient (Wildman–Crippen LogP) is 3.55. The average molecular weight is 252 g/mol. The Morgan fingerprint density at radius 3 is 2.82 bits per heavy atom. The molecule has 1 saturated carbocycles. The third kappa shape index (κ3) is 2.93. The van der Waals surface area contributed by atoms with E-state index < -0.39 is 0 Å². The molecule has 2 nitrogen and oxygen atoms in total. The lowest BCUT2D eigenvalue weighted by Gasteiger charge is -2.13. The van der Waals surface area contributed by atoms with E-state index in [1.165, 1.54) is 31.2 Å². The zero-order valence-electron chi connectivity index (χ0n) is 9.92. The van der Waals surface area contributed by atoms with Gasteiger partial charge in [-0.25, -0.2) is 0 Å². The van der Waals surface area contributed by atoms with E-state index in [-0.39, 0.29) is 0 Å². The van der Waals surface area contributed by atoms with Crippen molar-refractivity contribution in [3.63, 3.8) is 0 Å². The van der Waals surface area contributed by atoms with Crippen molar-refractivity contribution >= 4 is 11.6 Å². The Kier molecular flexibility index (Phi) is 3.26. The second-order valence-electron chi connectivity index (χ2n) is 5.12. The summed E-state index contributed by atoms with van der Waals surface area (Å²) in [5, 5.41) is 4.27. The minimum Gasteiger partial charge on any atom is -0.493 e. The maximum atomic E-state index is 6.15. The van der Waals surface area contributed by atoms with Crippen LogP contribution >= 0.6 is 11.6 Å². The summed E-state index contributed by atoms with van der Waals surface area (Å²) >= 11 is 6.15. The zero-order chi connectivity index (χ0) is 11.7. The maximum Gasteiger partial charge on any atom is 0.121 e. The second-order valence-corrected chi connectivity index (χ2v) is 5.56. The van der Waals surface area contributed by atoms with E-state index in [2.05, 4.69) is 17.4 Å². The van der Waals surface area contributed by atoms with Crippen LogP contribution < -0.4 is 10.1 Å². The molecule has 2 fully saturated rings. The van der Waals surface area contributed by atoms with Crippen molar-refractivity contribution in [2.45, 2.75) is 31.7 Å². The molecule has 3 heteroatoms. The van der Waals surface area contributed by atoms with Gasteiger partial charge in [-0.15, -0.1) is 0 Å². The fourth-order valence-electron chi connectivity index (χ4n) is 2.34. The quantitative estimate of drug-likeness (QED) is 0.884. The highest BCUT2D eigenvalue weighted by atomic mass is 35.5. The molecule has 3 rings (SSSR count). The van der Waals surface area contributed by atoms with Crippen molar-refractivity contribution in [2.24, 2.45) is 5.92 Å². The summed E-state index contributed by atoms with van der Waals surface area (Å²) in [5.74, 6) is 1.70. The molecule has 0 amide bonds. The Hall–Kier alpha value is -0.730. The first-order valence-corrected chi connectivity index (χ1v) is 6.86. The Labute approximate surface area is 107 Å². The molecule has 0 bridgehead atoms. The topological polar surface area (TPSA) is 21.3 Å². The Morgan fingerprint density at radius 1 is 1.24 bits per heavy atom. The standard InChI is InChI=1S/C14H18ClNO/c15-12-6-11(14-2-1-5-16-14)7-13(8-12)17-9-10-3-4-10/h6-8,10,14,16H,1-5,9H2. The average Bonchev–Trinajstić information content (AvgIpc) is 2.98. The van der Waals surface area contributed by atoms with Gasteiger partial charge in [-0.3, -0.25) is 0 Å². The second kappa shape index (κ2) is 4.87. The van der Waals surface area contributed by atoms with Crippen LogP contribution in [0.2, 0.25) is 5.02 Å². The molecular formula is C14H18ClNO. The molecule has 1 unspecified atom stereocenters. The van der Waals surface area contributed by atoms with Gasteiger partial charge < -0.3 is 10.1 Å². The molecule has 1 heterocycles. The van der Waals surface area contributed by atoms with Gasteiger partial charge in [0.15, 0.2) is 0 Å². The zero-order valence-corrected chi connectivity index (χ0v) is 10.7. The first-order chi connectivity index (χ1) is 8.31. The van der Waals surface area contributed by atoms with Crippen molar-refractivity contribution in [1.82, 2.24) is 5.32 Å². The van der Waals surface area contributed by atoms with E-state index in [9.17, 15) is 0 Å². The molecule has 1 aliphatic heterocycles. The van der Waals surface area contributed by atoms with Crippen LogP contribution in [-0.2, 0) is 0 Å². The SMILES string of the molecule is Clc1cc(OCC2CC2)cc(C2CCCN2)c1. The summed E-state index contributed by atoms with van der Waals surface area (Å²) in [7, 11) is 0. The van der Waals surface area contributed by atoms with Crippen LogP contribution in [0, 0.1) is 5.92 Å². The van der Waals surface area contributed by atoms with E-state index in [0.29, 0.717) is 6.04 Å². The number of hydrogen-bond acceptors (Lipinski definition) is 2. The number of nitrogens with one attached hydrogen (secondary N) is 1. The van der Waals surface area contributed by atoms with Crippen LogP contribution in [0.5, 0.6) is 5.75 Å². The van der Waals surface area contributed by atoms with Crippen molar-refractivity contribution in [1.29, 1.82) is 0 Å². The van der Waals surface area contributed by atoms with E-state index in [1.807, 2.05) is 6.07 Å². The number of halogens is 1. The summed E-state index contributed by atoms with van der Waals surface area (Å²) in [5.41, 5.74) is 1.26. The minimum atomic E-state index is 0.456. The number of hydrogen-bond donors (Lipinski definition) is 1. The third-order valence-corrected chi connectivity index (χ3v) is 3.76. The van der Waals surface area contributed by atoms with E-state index >= 15 is 0 Å². The van der Waals surface area contributed by atoms with Gasteiger partial charge >= 0.3 is 0 Å². The van der Waals surface area contributed by atoms with Gasteiger partial charge in [-0.2, -0.15) is 0 Å². The largest absolute Gasteiger partial charge is 0.493 e. The lowest BCUT2D eigenvalue weighted by molar-refractivity contribution is 0.299. The first-order valence-electron chi connectivity index (χ1n) is 6.48. The summed E-state index contributed by atoms with van der Waals surface area (Å²) in [4.78, 5) is 0. The van der Waals surface area contributed by atoms with Gasteiger partial charge in [0.1, 0.15) is 5.75 Å². The van der Waals surface area contributed by atoms with Gasteiger partial charge in [-0.05, 0) is 61.9 Å². The van der Waals surface area contributed by atoms with Crippen LogP contribution in [-0.4, -0.2) is 13.2 Å². The van der Waals surface area contributed by atoms with Crippen LogP contribution in [0.1, 0.15) is 37.3 Å². The maximum absolute atomic E-state index is 6.15. The summed E-state index contributed by atoms with van der Waals surface area (Å²) in [6.45, 7) is 1.95. The summed E-state index contributed by atoms with van der Waals surface area (Å²) < 4.78 is 5.80. The number of ether oxygens (including phenoxy) is 1. The normalized spacial score (nSPS) is 23.9. The number of benzene rings is 1. The van der Waals surface area contributed by atoms with Crippen LogP contribution in [0.15, 0.2) is 18.2 Å². The molecule has 1 atom stereocenters. The van der Waals surface area contributed by atoms with Gasteiger partial charge in [0, 0.05) is 11.1 Å².